The minimum Gasteiger partial charge on any atom is -0.399 e. The Morgan fingerprint density at radius 3 is 2.26 bits per heavy atom. The zero-order chi connectivity index (χ0) is 14.4. The maximum atomic E-state index is 14.0. The van der Waals surface area contributed by atoms with Crippen LogP contribution in [0.1, 0.15) is 27.7 Å². The smallest absolute Gasteiger partial charge is 0.399 e. The summed E-state index contributed by atoms with van der Waals surface area (Å²) in [5.74, 6) is -0.703. The minimum absolute atomic E-state index is 0.127. The van der Waals surface area contributed by atoms with E-state index in [1.807, 2.05) is 27.7 Å². The number of hydrogen-bond acceptors (Lipinski definition) is 4. The normalized spacial score (nSPS) is 22.5. The van der Waals surface area contributed by atoms with Crippen molar-refractivity contribution in [2.24, 2.45) is 0 Å². The Kier molecular flexibility index (Phi) is 3.57. The molecule has 4 nitrogen and oxygen atoms in total. The Hall–Kier alpha value is -0.785. The van der Waals surface area contributed by atoms with Gasteiger partial charge in [-0.05, 0) is 33.8 Å². The van der Waals surface area contributed by atoms with Crippen LogP contribution in [-0.4, -0.2) is 33.8 Å². The Balaban J connectivity index is 2.48. The van der Waals surface area contributed by atoms with Crippen molar-refractivity contribution < 1.29 is 17.9 Å². The Labute approximate surface area is 115 Å². The molecule has 2 rings (SSSR count). The van der Waals surface area contributed by atoms with Gasteiger partial charge in [-0.3, -0.25) is 4.21 Å². The molecule has 0 aromatic carbocycles. The maximum absolute atomic E-state index is 14.0. The first-order valence-electron chi connectivity index (χ1n) is 5.99. The monoisotopic (exact) mass is 285 g/mol. The number of hydrogen-bond donors (Lipinski definition) is 0. The molecule has 0 radical (unpaired) electrons. The van der Waals surface area contributed by atoms with Crippen LogP contribution in [0.25, 0.3) is 0 Å². The van der Waals surface area contributed by atoms with Gasteiger partial charge in [0.15, 0.2) is 0 Å². The number of pyridine rings is 1. The largest absolute Gasteiger partial charge is 0.500 e. The summed E-state index contributed by atoms with van der Waals surface area (Å²) in [7, 11) is -2.23. The van der Waals surface area contributed by atoms with Crippen LogP contribution in [0.3, 0.4) is 0 Å². The SMILES string of the molecule is CS(=O)c1ccnc(F)c1B1OC(C)(C)C(C)(C)O1. The zero-order valence-electron chi connectivity index (χ0n) is 11.7. The fraction of sp³-hybridized carbons (Fsp3) is 0.583. The molecule has 0 bridgehead atoms. The van der Waals surface area contributed by atoms with Gasteiger partial charge in [0.2, 0.25) is 5.95 Å². The molecular formula is C12H17BFNO3S. The summed E-state index contributed by atoms with van der Waals surface area (Å²) >= 11 is 0. The van der Waals surface area contributed by atoms with Crippen molar-refractivity contribution in [1.82, 2.24) is 4.98 Å². The van der Waals surface area contributed by atoms with Crippen LogP contribution >= 0.6 is 0 Å². The summed E-state index contributed by atoms with van der Waals surface area (Å²) in [4.78, 5) is 3.95. The molecule has 0 aliphatic carbocycles. The van der Waals surface area contributed by atoms with Crippen LogP contribution in [0.4, 0.5) is 4.39 Å². The van der Waals surface area contributed by atoms with Gasteiger partial charge in [-0.15, -0.1) is 0 Å². The molecule has 0 amide bonds. The topological polar surface area (TPSA) is 48.4 Å². The minimum atomic E-state index is -1.34. The second-order valence-corrected chi connectivity index (χ2v) is 6.90. The van der Waals surface area contributed by atoms with Crippen LogP contribution in [0.2, 0.25) is 0 Å². The fourth-order valence-corrected chi connectivity index (χ4v) is 2.60. The van der Waals surface area contributed by atoms with Crippen molar-refractivity contribution in [1.29, 1.82) is 0 Å². The average Bonchev–Trinajstić information content (AvgIpc) is 2.47. The molecule has 0 spiro atoms. The van der Waals surface area contributed by atoms with Crippen molar-refractivity contribution in [2.75, 3.05) is 6.26 Å². The predicted molar refractivity (Wildman–Crippen MR) is 72.2 cm³/mol. The van der Waals surface area contributed by atoms with Crippen LogP contribution in [0.5, 0.6) is 0 Å². The number of halogens is 1. The summed E-state index contributed by atoms with van der Waals surface area (Å²) in [5.41, 5.74) is -1.03. The number of aromatic nitrogens is 1. The second-order valence-electron chi connectivity index (χ2n) is 5.56. The summed E-state index contributed by atoms with van der Waals surface area (Å²) in [6.45, 7) is 7.52. The summed E-state index contributed by atoms with van der Waals surface area (Å²) in [5, 5.41) is 0. The van der Waals surface area contributed by atoms with Crippen molar-refractivity contribution >= 4 is 23.4 Å². The van der Waals surface area contributed by atoms with E-state index in [0.29, 0.717) is 4.90 Å². The third kappa shape index (κ3) is 2.46. The molecular weight excluding hydrogens is 268 g/mol. The van der Waals surface area contributed by atoms with Crippen LogP contribution < -0.4 is 5.46 Å². The zero-order valence-corrected chi connectivity index (χ0v) is 12.5. The van der Waals surface area contributed by atoms with Crippen LogP contribution in [-0.2, 0) is 20.1 Å². The molecule has 19 heavy (non-hydrogen) atoms. The molecule has 104 valence electrons. The molecule has 2 heterocycles. The highest BCUT2D eigenvalue weighted by Gasteiger charge is 2.53. The Bertz CT molecular complexity index is 520. The second kappa shape index (κ2) is 4.65. The molecule has 1 fully saturated rings. The van der Waals surface area contributed by atoms with Gasteiger partial charge in [0.1, 0.15) is 0 Å². The van der Waals surface area contributed by atoms with E-state index in [0.717, 1.165) is 0 Å². The quantitative estimate of drug-likeness (QED) is 0.606. The van der Waals surface area contributed by atoms with Gasteiger partial charge < -0.3 is 9.31 Å². The van der Waals surface area contributed by atoms with Gasteiger partial charge in [0.05, 0.1) is 16.7 Å². The lowest BCUT2D eigenvalue weighted by Crippen LogP contribution is -2.41. The third-order valence-corrected chi connectivity index (χ3v) is 4.68. The van der Waals surface area contributed by atoms with Gasteiger partial charge >= 0.3 is 7.12 Å². The van der Waals surface area contributed by atoms with E-state index in [-0.39, 0.29) is 5.46 Å². The molecule has 0 N–H and O–H groups in total. The Morgan fingerprint density at radius 2 is 1.79 bits per heavy atom. The first kappa shape index (κ1) is 14.6. The number of nitrogens with zero attached hydrogens (tertiary/aromatic N) is 1. The first-order chi connectivity index (χ1) is 8.66. The van der Waals surface area contributed by atoms with E-state index in [1.165, 1.54) is 18.5 Å². The highest BCUT2D eigenvalue weighted by molar-refractivity contribution is 7.84. The third-order valence-electron chi connectivity index (χ3n) is 3.70. The van der Waals surface area contributed by atoms with E-state index in [1.54, 1.807) is 0 Å². The lowest BCUT2D eigenvalue weighted by atomic mass is 9.80. The lowest BCUT2D eigenvalue weighted by molar-refractivity contribution is 0.00578. The van der Waals surface area contributed by atoms with Gasteiger partial charge in [-0.2, -0.15) is 4.39 Å². The Morgan fingerprint density at radius 1 is 1.26 bits per heavy atom. The summed E-state index contributed by atoms with van der Waals surface area (Å²) in [6.07, 6.45) is 2.78. The van der Waals surface area contributed by atoms with Gasteiger partial charge in [-0.1, -0.05) is 0 Å². The molecule has 1 aromatic rings. The molecule has 1 aliphatic rings. The number of rotatable bonds is 2. The van der Waals surface area contributed by atoms with E-state index in [2.05, 4.69) is 4.98 Å². The van der Waals surface area contributed by atoms with E-state index in [4.69, 9.17) is 9.31 Å². The van der Waals surface area contributed by atoms with Gasteiger partial charge in [0, 0.05) is 28.1 Å². The average molecular weight is 285 g/mol. The predicted octanol–water partition coefficient (Wildman–Crippen LogP) is 1.26. The molecule has 1 aromatic heterocycles. The highest BCUT2D eigenvalue weighted by atomic mass is 32.2. The van der Waals surface area contributed by atoms with Crippen LogP contribution in [0, 0.1) is 5.95 Å². The standard InChI is InChI=1S/C12H17BFNO3S/c1-11(2)12(3,4)18-13(17-11)9-8(19(5)16)6-7-15-10(9)14/h6-7H,1-5H3. The molecule has 1 unspecified atom stereocenters. The van der Waals surface area contributed by atoms with Crippen molar-refractivity contribution in [3.05, 3.63) is 18.2 Å². The lowest BCUT2D eigenvalue weighted by Gasteiger charge is -2.32. The van der Waals surface area contributed by atoms with E-state index in [9.17, 15) is 8.60 Å². The van der Waals surface area contributed by atoms with E-state index < -0.39 is 35.1 Å². The molecule has 0 saturated carbocycles. The maximum Gasteiger partial charge on any atom is 0.500 e. The van der Waals surface area contributed by atoms with E-state index >= 15 is 0 Å². The fourth-order valence-electron chi connectivity index (χ4n) is 1.86. The van der Waals surface area contributed by atoms with Gasteiger partial charge in [-0.25, -0.2) is 4.98 Å². The van der Waals surface area contributed by atoms with Crippen molar-refractivity contribution in [3.63, 3.8) is 0 Å². The highest BCUT2D eigenvalue weighted by Crippen LogP contribution is 2.36. The van der Waals surface area contributed by atoms with Gasteiger partial charge in [0.25, 0.3) is 0 Å². The summed E-state index contributed by atoms with van der Waals surface area (Å²) < 4.78 is 37.2. The first-order valence-corrected chi connectivity index (χ1v) is 7.55. The molecule has 1 aliphatic heterocycles. The summed E-state index contributed by atoms with van der Waals surface area (Å²) in [6, 6.07) is 1.53. The molecule has 7 heteroatoms. The van der Waals surface area contributed by atoms with Crippen LogP contribution in [0.15, 0.2) is 17.2 Å². The van der Waals surface area contributed by atoms with Crippen molar-refractivity contribution in [2.45, 2.75) is 43.8 Å². The molecule has 1 saturated heterocycles. The van der Waals surface area contributed by atoms with Crippen molar-refractivity contribution in [3.8, 4) is 0 Å². The molecule has 1 atom stereocenters.